The zero-order chi connectivity index (χ0) is 10.0. The average Bonchev–Trinajstić information content (AvgIpc) is 2.31. The van der Waals surface area contributed by atoms with Crippen LogP contribution in [0.2, 0.25) is 0 Å². The van der Waals surface area contributed by atoms with Crippen molar-refractivity contribution in [3.8, 4) is 0 Å². The second-order valence-electron chi connectivity index (χ2n) is 2.73. The van der Waals surface area contributed by atoms with Crippen molar-refractivity contribution in [1.29, 1.82) is 0 Å². The van der Waals surface area contributed by atoms with Crippen LogP contribution in [0.15, 0.2) is 11.8 Å². The van der Waals surface area contributed by atoms with Gasteiger partial charge in [0.15, 0.2) is 11.7 Å². The molecule has 0 saturated heterocycles. The minimum atomic E-state index is -0.574. The summed E-state index contributed by atoms with van der Waals surface area (Å²) in [6.45, 7) is 3.04. The molecule has 3 atom stereocenters. The van der Waals surface area contributed by atoms with Crippen molar-refractivity contribution in [1.82, 2.24) is 0 Å². The second kappa shape index (κ2) is 4.20. The molecule has 3 nitrogen and oxygen atoms in total. The fraction of sp³-hybridized carbons (Fsp3) is 0.625. The van der Waals surface area contributed by atoms with Gasteiger partial charge in [0.1, 0.15) is 11.1 Å². The fourth-order valence-corrected chi connectivity index (χ4v) is 1.36. The van der Waals surface area contributed by atoms with E-state index in [-0.39, 0.29) is 11.3 Å². The van der Waals surface area contributed by atoms with E-state index in [4.69, 9.17) is 32.7 Å². The Hall–Kier alpha value is -0.410. The Morgan fingerprint density at radius 3 is 2.69 bits per heavy atom. The van der Waals surface area contributed by atoms with E-state index in [0.717, 1.165) is 0 Å². The molecule has 1 aliphatic heterocycles. The third-order valence-electron chi connectivity index (χ3n) is 1.57. The van der Waals surface area contributed by atoms with Crippen LogP contribution in [0.5, 0.6) is 0 Å². The molecule has 0 amide bonds. The lowest BCUT2D eigenvalue weighted by Gasteiger charge is -2.14. The Labute approximate surface area is 86.6 Å². The van der Waals surface area contributed by atoms with Crippen LogP contribution in [-0.4, -0.2) is 23.0 Å². The average molecular weight is 225 g/mol. The molecular formula is C8H10Cl2O3. The highest BCUT2D eigenvalue weighted by Crippen LogP contribution is 2.27. The van der Waals surface area contributed by atoms with E-state index < -0.39 is 11.7 Å². The normalized spacial score (nSPS) is 29.1. The molecular weight excluding hydrogens is 215 g/mol. The lowest BCUT2D eigenvalue weighted by molar-refractivity contribution is -0.145. The van der Waals surface area contributed by atoms with E-state index in [1.54, 1.807) is 13.0 Å². The van der Waals surface area contributed by atoms with E-state index >= 15 is 0 Å². The molecule has 0 fully saturated rings. The van der Waals surface area contributed by atoms with Crippen LogP contribution in [0.3, 0.4) is 0 Å². The van der Waals surface area contributed by atoms with E-state index in [1.807, 2.05) is 0 Å². The highest BCUT2D eigenvalue weighted by Gasteiger charge is 2.29. The van der Waals surface area contributed by atoms with Gasteiger partial charge in [-0.1, -0.05) is 11.6 Å². The van der Waals surface area contributed by atoms with Crippen LogP contribution >= 0.6 is 23.2 Å². The second-order valence-corrected chi connectivity index (χ2v) is 3.67. The van der Waals surface area contributed by atoms with E-state index in [0.29, 0.717) is 5.76 Å². The maximum absolute atomic E-state index is 10.6. The quantitative estimate of drug-likeness (QED) is 0.532. The number of alkyl halides is 2. The lowest BCUT2D eigenvalue weighted by atomic mass is 10.3. The third kappa shape index (κ3) is 2.78. The van der Waals surface area contributed by atoms with Gasteiger partial charge in [0.25, 0.3) is 0 Å². The van der Waals surface area contributed by atoms with Gasteiger partial charge in [0.05, 0.1) is 0 Å². The van der Waals surface area contributed by atoms with Gasteiger partial charge in [-0.3, -0.25) is 4.79 Å². The SMILES string of the molecule is CC(=O)OC(C)C1=CC(Cl)C(Cl)O1. The van der Waals surface area contributed by atoms with Crippen molar-refractivity contribution in [3.05, 3.63) is 11.8 Å². The molecule has 1 heterocycles. The molecule has 0 spiro atoms. The standard InChI is InChI=1S/C8H10Cl2O3/c1-4(12-5(2)11)7-3-6(9)8(10)13-7/h3-4,6,8H,1-2H3. The number of ether oxygens (including phenoxy) is 2. The summed E-state index contributed by atoms with van der Waals surface area (Å²) in [7, 11) is 0. The van der Waals surface area contributed by atoms with Crippen LogP contribution in [0.1, 0.15) is 13.8 Å². The van der Waals surface area contributed by atoms with E-state index in [2.05, 4.69) is 0 Å². The Bertz CT molecular complexity index is 240. The first-order chi connectivity index (χ1) is 6.00. The summed E-state index contributed by atoms with van der Waals surface area (Å²) in [5.74, 6) is 0.149. The monoisotopic (exact) mass is 224 g/mol. The molecule has 5 heteroatoms. The van der Waals surface area contributed by atoms with Gasteiger partial charge in [-0.25, -0.2) is 0 Å². The summed E-state index contributed by atoms with van der Waals surface area (Å²) in [6, 6.07) is 0. The summed E-state index contributed by atoms with van der Waals surface area (Å²) in [5.41, 5.74) is -0.574. The maximum Gasteiger partial charge on any atom is 0.303 e. The molecule has 0 aromatic heterocycles. The summed E-state index contributed by atoms with van der Waals surface area (Å²) < 4.78 is 10.0. The molecule has 1 rings (SSSR count). The van der Waals surface area contributed by atoms with Crippen molar-refractivity contribution >= 4 is 29.2 Å². The molecule has 0 saturated carbocycles. The molecule has 13 heavy (non-hydrogen) atoms. The molecule has 0 radical (unpaired) electrons. The Balaban J connectivity index is 2.54. The fourth-order valence-electron chi connectivity index (χ4n) is 1.01. The summed E-state index contributed by atoms with van der Waals surface area (Å²) in [5, 5.41) is -0.366. The smallest absolute Gasteiger partial charge is 0.303 e. The first kappa shape index (κ1) is 10.7. The zero-order valence-electron chi connectivity index (χ0n) is 7.29. The van der Waals surface area contributed by atoms with Crippen LogP contribution in [0.4, 0.5) is 0 Å². The number of halogens is 2. The van der Waals surface area contributed by atoms with Crippen molar-refractivity contribution in [2.75, 3.05) is 0 Å². The number of carbonyl (C=O) groups excluding carboxylic acids is 1. The van der Waals surface area contributed by atoms with Gasteiger partial charge < -0.3 is 9.47 Å². The zero-order valence-corrected chi connectivity index (χ0v) is 8.80. The maximum atomic E-state index is 10.6. The molecule has 0 aliphatic carbocycles. The van der Waals surface area contributed by atoms with Gasteiger partial charge in [0, 0.05) is 6.92 Å². The molecule has 1 aliphatic rings. The summed E-state index contributed by atoms with van der Waals surface area (Å²) >= 11 is 11.5. The van der Waals surface area contributed by atoms with Crippen molar-refractivity contribution in [2.45, 2.75) is 30.9 Å². The first-order valence-corrected chi connectivity index (χ1v) is 4.71. The van der Waals surface area contributed by atoms with Gasteiger partial charge in [-0.2, -0.15) is 0 Å². The third-order valence-corrected chi connectivity index (χ3v) is 2.41. The predicted molar refractivity (Wildman–Crippen MR) is 49.7 cm³/mol. The number of carbonyl (C=O) groups is 1. The molecule has 0 N–H and O–H groups in total. The van der Waals surface area contributed by atoms with Crippen LogP contribution in [0, 0.1) is 0 Å². The Morgan fingerprint density at radius 2 is 2.31 bits per heavy atom. The Morgan fingerprint density at radius 1 is 1.69 bits per heavy atom. The van der Waals surface area contributed by atoms with Gasteiger partial charge in [0.2, 0.25) is 0 Å². The summed E-state index contributed by atoms with van der Waals surface area (Å²) in [4.78, 5) is 10.6. The Kier molecular flexibility index (Phi) is 3.45. The first-order valence-electron chi connectivity index (χ1n) is 3.84. The predicted octanol–water partition coefficient (Wildman–Crippen LogP) is 2.02. The minimum Gasteiger partial charge on any atom is -0.473 e. The van der Waals surface area contributed by atoms with Gasteiger partial charge in [-0.05, 0) is 13.0 Å². The lowest BCUT2D eigenvalue weighted by Crippen LogP contribution is -2.16. The molecule has 0 aromatic rings. The topological polar surface area (TPSA) is 35.5 Å². The molecule has 0 aromatic carbocycles. The van der Waals surface area contributed by atoms with Crippen LogP contribution in [-0.2, 0) is 14.3 Å². The number of hydrogen-bond acceptors (Lipinski definition) is 3. The molecule has 74 valence electrons. The minimum absolute atomic E-state index is 0.360. The number of hydrogen-bond donors (Lipinski definition) is 0. The van der Waals surface area contributed by atoms with Gasteiger partial charge >= 0.3 is 5.97 Å². The largest absolute Gasteiger partial charge is 0.473 e. The van der Waals surface area contributed by atoms with Crippen molar-refractivity contribution in [3.63, 3.8) is 0 Å². The van der Waals surface area contributed by atoms with Crippen LogP contribution in [0.25, 0.3) is 0 Å². The highest BCUT2D eigenvalue weighted by atomic mass is 35.5. The number of esters is 1. The van der Waals surface area contributed by atoms with Crippen molar-refractivity contribution < 1.29 is 14.3 Å². The molecule has 0 bridgehead atoms. The van der Waals surface area contributed by atoms with Gasteiger partial charge in [-0.15, -0.1) is 11.6 Å². The van der Waals surface area contributed by atoms with E-state index in [1.165, 1.54) is 6.92 Å². The number of rotatable bonds is 2. The summed E-state index contributed by atoms with van der Waals surface area (Å²) in [6.07, 6.45) is 1.22. The molecule has 3 unspecified atom stereocenters. The van der Waals surface area contributed by atoms with Crippen molar-refractivity contribution in [2.24, 2.45) is 0 Å². The van der Waals surface area contributed by atoms with E-state index in [9.17, 15) is 4.79 Å². The van der Waals surface area contributed by atoms with Crippen LogP contribution < -0.4 is 0 Å². The highest BCUT2D eigenvalue weighted by molar-refractivity contribution is 6.30.